The molecule has 2 amide bonds. The van der Waals surface area contributed by atoms with E-state index in [2.05, 4.69) is 31.9 Å². The Labute approximate surface area is 194 Å². The fourth-order valence-corrected chi connectivity index (χ4v) is 5.08. The highest BCUT2D eigenvalue weighted by Crippen LogP contribution is 2.38. The zero-order valence-electron chi connectivity index (χ0n) is 15.9. The number of aromatic carboxylic acids is 1. The molecule has 30 heavy (non-hydrogen) atoms. The van der Waals surface area contributed by atoms with Gasteiger partial charge in [0.15, 0.2) is 0 Å². The minimum atomic E-state index is -0.976. The molecule has 1 aliphatic rings. The van der Waals surface area contributed by atoms with Gasteiger partial charge in [-0.3, -0.25) is 14.5 Å². The lowest BCUT2D eigenvalue weighted by Gasteiger charge is -2.12. The van der Waals surface area contributed by atoms with E-state index in [1.54, 1.807) is 30.3 Å². The largest absolute Gasteiger partial charge is 0.487 e. The van der Waals surface area contributed by atoms with Gasteiger partial charge in [0.25, 0.3) is 11.1 Å². The molecular formula is C21H17Br2NO5S. The molecule has 0 aliphatic carbocycles. The molecule has 9 heteroatoms. The summed E-state index contributed by atoms with van der Waals surface area (Å²) in [6, 6.07) is 10.1. The number of carboxylic acids is 1. The van der Waals surface area contributed by atoms with Crippen LogP contribution in [0.1, 0.15) is 34.8 Å². The van der Waals surface area contributed by atoms with Gasteiger partial charge in [0.05, 0.1) is 19.4 Å². The van der Waals surface area contributed by atoms with Crippen LogP contribution in [0.4, 0.5) is 4.79 Å². The van der Waals surface area contributed by atoms with Crippen LogP contribution in [0, 0.1) is 0 Å². The molecule has 1 N–H and O–H groups in total. The second-order valence-electron chi connectivity index (χ2n) is 6.44. The summed E-state index contributed by atoms with van der Waals surface area (Å²) >= 11 is 7.91. The van der Waals surface area contributed by atoms with Crippen molar-refractivity contribution in [3.8, 4) is 5.75 Å². The first-order valence-electron chi connectivity index (χ1n) is 8.99. The molecule has 0 spiro atoms. The van der Waals surface area contributed by atoms with Crippen LogP contribution in [-0.2, 0) is 11.4 Å². The van der Waals surface area contributed by atoms with E-state index in [4.69, 9.17) is 9.84 Å². The van der Waals surface area contributed by atoms with Crippen LogP contribution in [0.3, 0.4) is 0 Å². The summed E-state index contributed by atoms with van der Waals surface area (Å²) in [4.78, 5) is 37.0. The topological polar surface area (TPSA) is 83.9 Å². The molecule has 2 aromatic carbocycles. The zero-order valence-corrected chi connectivity index (χ0v) is 19.8. The number of carbonyl (C=O) groups excluding carboxylic acids is 2. The highest BCUT2D eigenvalue weighted by Gasteiger charge is 2.34. The quantitative estimate of drug-likeness (QED) is 0.427. The predicted molar refractivity (Wildman–Crippen MR) is 123 cm³/mol. The van der Waals surface area contributed by atoms with Crippen LogP contribution in [0.25, 0.3) is 6.08 Å². The van der Waals surface area contributed by atoms with Crippen molar-refractivity contribution in [2.24, 2.45) is 0 Å². The molecule has 0 radical (unpaired) electrons. The number of hydrogen-bond acceptors (Lipinski definition) is 5. The summed E-state index contributed by atoms with van der Waals surface area (Å²) in [5, 5.41) is 8.71. The molecule has 156 valence electrons. The Morgan fingerprint density at radius 2 is 1.80 bits per heavy atom. The van der Waals surface area contributed by atoms with Crippen LogP contribution in [-0.4, -0.2) is 33.7 Å². The molecule has 0 unspecified atom stereocenters. The van der Waals surface area contributed by atoms with E-state index in [0.29, 0.717) is 32.6 Å². The highest BCUT2D eigenvalue weighted by molar-refractivity contribution is 9.11. The lowest BCUT2D eigenvalue weighted by atomic mass is 10.1. The van der Waals surface area contributed by atoms with Crippen molar-refractivity contribution in [1.29, 1.82) is 0 Å². The number of benzene rings is 2. The number of imide groups is 1. The van der Waals surface area contributed by atoms with Gasteiger partial charge in [-0.05, 0) is 91.5 Å². The minimum Gasteiger partial charge on any atom is -0.487 e. The van der Waals surface area contributed by atoms with Gasteiger partial charge in [-0.25, -0.2) is 4.79 Å². The fourth-order valence-electron chi connectivity index (χ4n) is 2.77. The van der Waals surface area contributed by atoms with Crippen molar-refractivity contribution in [2.75, 3.05) is 6.54 Å². The van der Waals surface area contributed by atoms with E-state index in [-0.39, 0.29) is 23.3 Å². The van der Waals surface area contributed by atoms with Gasteiger partial charge in [0.1, 0.15) is 12.4 Å². The Bertz CT molecular complexity index is 1010. The van der Waals surface area contributed by atoms with Crippen molar-refractivity contribution in [2.45, 2.75) is 20.0 Å². The van der Waals surface area contributed by atoms with Crippen LogP contribution in [0.15, 0.2) is 50.2 Å². The zero-order chi connectivity index (χ0) is 21.8. The Hall–Kier alpha value is -2.10. The molecule has 1 fully saturated rings. The first kappa shape index (κ1) is 22.6. The number of halogens is 2. The number of amides is 2. The second-order valence-corrected chi connectivity index (χ2v) is 9.14. The summed E-state index contributed by atoms with van der Waals surface area (Å²) in [6.45, 7) is 2.59. The van der Waals surface area contributed by atoms with Crippen molar-refractivity contribution < 1.29 is 24.2 Å². The first-order chi connectivity index (χ1) is 14.3. The number of ether oxygens (including phenoxy) is 1. The molecule has 0 bridgehead atoms. The Morgan fingerprint density at radius 3 is 2.37 bits per heavy atom. The smallest absolute Gasteiger partial charge is 0.335 e. The third-order valence-electron chi connectivity index (χ3n) is 4.22. The minimum absolute atomic E-state index is 0.216. The van der Waals surface area contributed by atoms with Gasteiger partial charge < -0.3 is 9.84 Å². The molecule has 1 saturated heterocycles. The van der Waals surface area contributed by atoms with Crippen LogP contribution in [0.2, 0.25) is 0 Å². The predicted octanol–water partition coefficient (Wildman–Crippen LogP) is 5.94. The van der Waals surface area contributed by atoms with Gasteiger partial charge in [-0.15, -0.1) is 0 Å². The Kier molecular flexibility index (Phi) is 7.38. The lowest BCUT2D eigenvalue weighted by Crippen LogP contribution is -2.28. The number of carbonyl (C=O) groups is 3. The van der Waals surface area contributed by atoms with Crippen molar-refractivity contribution in [3.63, 3.8) is 0 Å². The molecule has 0 atom stereocenters. The summed E-state index contributed by atoms with van der Waals surface area (Å²) in [7, 11) is 0. The molecular weight excluding hydrogens is 538 g/mol. The number of hydrogen-bond donors (Lipinski definition) is 1. The fraction of sp³-hybridized carbons (Fsp3) is 0.190. The van der Waals surface area contributed by atoms with E-state index in [1.165, 1.54) is 17.0 Å². The summed E-state index contributed by atoms with van der Waals surface area (Å²) < 4.78 is 7.23. The number of nitrogens with zero attached hydrogens (tertiary/aromatic N) is 1. The van der Waals surface area contributed by atoms with E-state index < -0.39 is 5.97 Å². The van der Waals surface area contributed by atoms with Crippen molar-refractivity contribution in [3.05, 3.63) is 66.9 Å². The Morgan fingerprint density at radius 1 is 1.17 bits per heavy atom. The third kappa shape index (κ3) is 5.14. The molecule has 1 aliphatic heterocycles. The van der Waals surface area contributed by atoms with Crippen LogP contribution in [0.5, 0.6) is 5.75 Å². The molecule has 0 aromatic heterocycles. The van der Waals surface area contributed by atoms with Gasteiger partial charge >= 0.3 is 5.97 Å². The number of thioether (sulfide) groups is 1. The third-order valence-corrected chi connectivity index (χ3v) is 6.31. The van der Waals surface area contributed by atoms with Crippen molar-refractivity contribution >= 4 is 66.8 Å². The Balaban J connectivity index is 1.75. The summed E-state index contributed by atoms with van der Waals surface area (Å²) in [5.74, 6) is -0.672. The molecule has 2 aromatic rings. The molecule has 0 saturated carbocycles. The number of rotatable bonds is 7. The summed E-state index contributed by atoms with van der Waals surface area (Å²) in [5.41, 5.74) is 1.79. The maximum absolute atomic E-state index is 12.4. The molecule has 1 heterocycles. The normalized spacial score (nSPS) is 15.2. The van der Waals surface area contributed by atoms with E-state index >= 15 is 0 Å². The number of carboxylic acid groups (broad SMARTS) is 1. The van der Waals surface area contributed by atoms with Gasteiger partial charge in [-0.1, -0.05) is 19.1 Å². The van der Waals surface area contributed by atoms with E-state index in [0.717, 1.165) is 22.9 Å². The average Bonchev–Trinajstić information content (AvgIpc) is 2.95. The second kappa shape index (κ2) is 9.80. The first-order valence-corrected chi connectivity index (χ1v) is 11.4. The van der Waals surface area contributed by atoms with Gasteiger partial charge in [-0.2, -0.15) is 0 Å². The SMILES string of the molecule is CCCN1C(=O)S/C(=C/c2cc(Br)c(OCc3ccc(C(=O)O)cc3)c(Br)c2)C1=O. The average molecular weight is 555 g/mol. The molecule has 6 nitrogen and oxygen atoms in total. The van der Waals surface area contributed by atoms with Gasteiger partial charge in [0.2, 0.25) is 0 Å². The van der Waals surface area contributed by atoms with Gasteiger partial charge in [0, 0.05) is 6.54 Å². The highest BCUT2D eigenvalue weighted by atomic mass is 79.9. The van der Waals surface area contributed by atoms with E-state index in [9.17, 15) is 14.4 Å². The monoisotopic (exact) mass is 553 g/mol. The van der Waals surface area contributed by atoms with E-state index in [1.807, 2.05) is 6.92 Å². The maximum Gasteiger partial charge on any atom is 0.335 e. The lowest BCUT2D eigenvalue weighted by molar-refractivity contribution is -0.122. The molecule has 3 rings (SSSR count). The standard InChI is InChI=1S/C21H17Br2NO5S/c1-2-7-24-19(25)17(30-21(24)28)10-13-8-15(22)18(16(23)9-13)29-11-12-3-5-14(6-4-12)20(26)27/h3-6,8-10H,2,7,11H2,1H3,(H,26,27)/b17-10+. The van der Waals surface area contributed by atoms with Crippen molar-refractivity contribution in [1.82, 2.24) is 4.90 Å². The maximum atomic E-state index is 12.4. The summed E-state index contributed by atoms with van der Waals surface area (Å²) in [6.07, 6.45) is 2.40. The van der Waals surface area contributed by atoms with Crippen LogP contribution < -0.4 is 4.74 Å². The van der Waals surface area contributed by atoms with Crippen LogP contribution >= 0.6 is 43.6 Å².